The van der Waals surface area contributed by atoms with Gasteiger partial charge < -0.3 is 10.1 Å². The highest BCUT2D eigenvalue weighted by molar-refractivity contribution is 7.89. The SMILES string of the molecule is COc1ccc2ccccc2c1CNC(=O)C1CCN(S(=O)(=O)c2ccc(C)c(C)c2)CC1. The zero-order chi connectivity index (χ0) is 23.6. The molecular weight excluding hydrogens is 436 g/mol. The molecule has 1 aliphatic heterocycles. The molecule has 0 atom stereocenters. The fraction of sp³-hybridized carbons (Fsp3) is 0.346. The maximum Gasteiger partial charge on any atom is 0.243 e. The molecule has 3 aromatic rings. The van der Waals surface area contributed by atoms with E-state index >= 15 is 0 Å². The van der Waals surface area contributed by atoms with Gasteiger partial charge in [0.15, 0.2) is 0 Å². The molecule has 1 amide bonds. The van der Waals surface area contributed by atoms with E-state index in [1.807, 2.05) is 56.3 Å². The van der Waals surface area contributed by atoms with Gasteiger partial charge in [-0.3, -0.25) is 4.79 Å². The Bertz CT molecular complexity index is 1280. The van der Waals surface area contributed by atoms with Crippen LogP contribution in [0.1, 0.15) is 29.5 Å². The molecule has 0 aliphatic carbocycles. The predicted octanol–water partition coefficient (Wildman–Crippen LogP) is 4.18. The summed E-state index contributed by atoms with van der Waals surface area (Å²) in [4.78, 5) is 13.2. The summed E-state index contributed by atoms with van der Waals surface area (Å²) in [5, 5.41) is 5.19. The number of nitrogens with one attached hydrogen (secondary N) is 1. The van der Waals surface area contributed by atoms with Gasteiger partial charge in [0, 0.05) is 31.1 Å². The first-order chi connectivity index (χ1) is 15.8. The van der Waals surface area contributed by atoms with Gasteiger partial charge in [-0.25, -0.2) is 8.42 Å². The molecule has 0 radical (unpaired) electrons. The number of ether oxygens (including phenoxy) is 1. The number of carbonyl (C=O) groups excluding carboxylic acids is 1. The zero-order valence-corrected chi connectivity index (χ0v) is 20.1. The Morgan fingerprint density at radius 3 is 2.45 bits per heavy atom. The standard InChI is InChI=1S/C26H30N2O4S/c1-18-8-10-22(16-19(18)2)33(30,31)28-14-12-21(13-15-28)26(29)27-17-24-23-7-5-4-6-20(23)9-11-25(24)32-3/h4-11,16,21H,12-15,17H2,1-3H3,(H,27,29). The third-order valence-corrected chi connectivity index (χ3v) is 8.49. The van der Waals surface area contributed by atoms with E-state index < -0.39 is 10.0 Å². The average Bonchev–Trinajstić information content (AvgIpc) is 2.83. The second-order valence-electron chi connectivity index (χ2n) is 8.61. The topological polar surface area (TPSA) is 75.7 Å². The lowest BCUT2D eigenvalue weighted by atomic mass is 9.97. The highest BCUT2D eigenvalue weighted by atomic mass is 32.2. The number of fused-ring (bicyclic) bond motifs is 1. The van der Waals surface area contributed by atoms with Crippen molar-refractivity contribution in [3.05, 3.63) is 71.3 Å². The van der Waals surface area contributed by atoms with Crippen molar-refractivity contribution in [1.82, 2.24) is 9.62 Å². The van der Waals surface area contributed by atoms with Gasteiger partial charge in [0.1, 0.15) is 5.75 Å². The van der Waals surface area contributed by atoms with Crippen LogP contribution >= 0.6 is 0 Å². The minimum atomic E-state index is -3.55. The fourth-order valence-corrected chi connectivity index (χ4v) is 5.95. The molecule has 0 unspecified atom stereocenters. The molecule has 0 bridgehead atoms. The fourth-order valence-electron chi connectivity index (χ4n) is 4.39. The maximum absolute atomic E-state index is 13.0. The number of carbonyl (C=O) groups is 1. The van der Waals surface area contributed by atoms with Crippen LogP contribution in [0, 0.1) is 19.8 Å². The van der Waals surface area contributed by atoms with Crippen LogP contribution in [0.2, 0.25) is 0 Å². The minimum absolute atomic E-state index is 0.0479. The Morgan fingerprint density at radius 1 is 1.03 bits per heavy atom. The molecular formula is C26H30N2O4S. The second-order valence-corrected chi connectivity index (χ2v) is 10.5. The van der Waals surface area contributed by atoms with Crippen molar-refractivity contribution in [3.8, 4) is 5.75 Å². The lowest BCUT2D eigenvalue weighted by Crippen LogP contribution is -2.42. The van der Waals surface area contributed by atoms with Crippen molar-refractivity contribution in [1.29, 1.82) is 0 Å². The van der Waals surface area contributed by atoms with E-state index in [-0.39, 0.29) is 11.8 Å². The summed E-state index contributed by atoms with van der Waals surface area (Å²) in [5.41, 5.74) is 2.96. The van der Waals surface area contributed by atoms with E-state index in [2.05, 4.69) is 5.32 Å². The molecule has 4 rings (SSSR count). The van der Waals surface area contributed by atoms with Crippen molar-refractivity contribution in [2.45, 2.75) is 38.1 Å². The first-order valence-electron chi connectivity index (χ1n) is 11.2. The number of aryl methyl sites for hydroxylation is 2. The summed E-state index contributed by atoms with van der Waals surface area (Å²) in [6, 6.07) is 17.2. The molecule has 6 nitrogen and oxygen atoms in total. The van der Waals surface area contributed by atoms with Crippen molar-refractivity contribution < 1.29 is 17.9 Å². The van der Waals surface area contributed by atoms with Crippen molar-refractivity contribution in [2.24, 2.45) is 5.92 Å². The molecule has 0 aromatic heterocycles. The number of amides is 1. The molecule has 1 aliphatic rings. The van der Waals surface area contributed by atoms with Gasteiger partial charge in [-0.15, -0.1) is 0 Å². The Hall–Kier alpha value is -2.90. The Morgan fingerprint density at radius 2 is 1.76 bits per heavy atom. The molecule has 1 fully saturated rings. The number of hydrogen-bond acceptors (Lipinski definition) is 4. The van der Waals surface area contributed by atoms with Crippen LogP contribution in [0.3, 0.4) is 0 Å². The molecule has 33 heavy (non-hydrogen) atoms. The van der Waals surface area contributed by atoms with Crippen LogP contribution in [0.5, 0.6) is 5.75 Å². The molecule has 1 N–H and O–H groups in total. The Balaban J connectivity index is 1.40. The van der Waals surface area contributed by atoms with E-state index in [4.69, 9.17) is 4.74 Å². The van der Waals surface area contributed by atoms with Crippen LogP contribution < -0.4 is 10.1 Å². The van der Waals surface area contributed by atoms with Gasteiger partial charge in [0.2, 0.25) is 15.9 Å². The smallest absolute Gasteiger partial charge is 0.243 e. The first-order valence-corrected chi connectivity index (χ1v) is 12.6. The number of sulfonamides is 1. The maximum atomic E-state index is 13.0. The van der Waals surface area contributed by atoms with Gasteiger partial charge in [-0.1, -0.05) is 36.4 Å². The summed E-state index contributed by atoms with van der Waals surface area (Å²) in [6.45, 7) is 4.92. The number of nitrogens with zero attached hydrogens (tertiary/aromatic N) is 1. The van der Waals surface area contributed by atoms with Crippen LogP contribution in [-0.2, 0) is 21.4 Å². The van der Waals surface area contributed by atoms with E-state index in [9.17, 15) is 13.2 Å². The van der Waals surface area contributed by atoms with Crippen molar-refractivity contribution in [2.75, 3.05) is 20.2 Å². The highest BCUT2D eigenvalue weighted by Gasteiger charge is 2.32. The van der Waals surface area contributed by atoms with E-state index in [0.29, 0.717) is 37.4 Å². The number of hydrogen-bond donors (Lipinski definition) is 1. The minimum Gasteiger partial charge on any atom is -0.496 e. The Labute approximate surface area is 195 Å². The van der Waals surface area contributed by atoms with Gasteiger partial charge in [-0.2, -0.15) is 4.31 Å². The number of piperidine rings is 1. The van der Waals surface area contributed by atoms with Gasteiger partial charge in [0.05, 0.1) is 12.0 Å². The van der Waals surface area contributed by atoms with E-state index in [1.54, 1.807) is 19.2 Å². The third-order valence-electron chi connectivity index (χ3n) is 6.60. The molecule has 3 aromatic carbocycles. The molecule has 0 spiro atoms. The second kappa shape index (κ2) is 9.53. The summed E-state index contributed by atoms with van der Waals surface area (Å²) in [7, 11) is -1.93. The third kappa shape index (κ3) is 4.75. The lowest BCUT2D eigenvalue weighted by Gasteiger charge is -2.30. The van der Waals surface area contributed by atoms with Crippen LogP contribution in [-0.4, -0.2) is 38.8 Å². The van der Waals surface area contributed by atoms with Gasteiger partial charge in [0.25, 0.3) is 0 Å². The van der Waals surface area contributed by atoms with Crippen molar-refractivity contribution in [3.63, 3.8) is 0 Å². The largest absolute Gasteiger partial charge is 0.496 e. The quantitative estimate of drug-likeness (QED) is 0.591. The van der Waals surface area contributed by atoms with Gasteiger partial charge in [-0.05, 0) is 66.8 Å². The molecule has 1 heterocycles. The average molecular weight is 467 g/mol. The van der Waals surface area contributed by atoms with Crippen LogP contribution in [0.25, 0.3) is 10.8 Å². The van der Waals surface area contributed by atoms with Gasteiger partial charge >= 0.3 is 0 Å². The van der Waals surface area contributed by atoms with Crippen LogP contribution in [0.4, 0.5) is 0 Å². The molecule has 0 saturated carbocycles. The predicted molar refractivity (Wildman–Crippen MR) is 130 cm³/mol. The normalized spacial score (nSPS) is 15.5. The monoisotopic (exact) mass is 466 g/mol. The number of benzene rings is 3. The Kier molecular flexibility index (Phi) is 6.72. The summed E-state index contributed by atoms with van der Waals surface area (Å²) in [5.74, 6) is 0.480. The van der Waals surface area contributed by atoms with E-state index in [0.717, 1.165) is 33.2 Å². The summed E-state index contributed by atoms with van der Waals surface area (Å²) >= 11 is 0. The first kappa shape index (κ1) is 23.3. The van der Waals surface area contributed by atoms with E-state index in [1.165, 1.54) is 4.31 Å². The summed E-state index contributed by atoms with van der Waals surface area (Å²) < 4.78 is 33.1. The molecule has 1 saturated heterocycles. The highest BCUT2D eigenvalue weighted by Crippen LogP contribution is 2.29. The van der Waals surface area contributed by atoms with Crippen molar-refractivity contribution >= 4 is 26.7 Å². The molecule has 174 valence electrons. The number of methoxy groups -OCH3 is 1. The molecule has 7 heteroatoms. The van der Waals surface area contributed by atoms with Crippen LogP contribution in [0.15, 0.2) is 59.5 Å². The number of rotatable bonds is 6. The lowest BCUT2D eigenvalue weighted by molar-refractivity contribution is -0.126. The zero-order valence-electron chi connectivity index (χ0n) is 19.3. The summed E-state index contributed by atoms with van der Waals surface area (Å²) in [6.07, 6.45) is 1.01.